The molecule has 4 heteroatoms. The summed E-state index contributed by atoms with van der Waals surface area (Å²) in [5.41, 5.74) is 2.00. The number of carbonyl (C=O) groups excluding carboxylic acids is 2. The first-order chi connectivity index (χ1) is 9.28. The van der Waals surface area contributed by atoms with Gasteiger partial charge in [-0.3, -0.25) is 9.69 Å². The van der Waals surface area contributed by atoms with E-state index in [9.17, 15) is 9.59 Å². The van der Waals surface area contributed by atoms with Gasteiger partial charge in [0.25, 0.3) is 0 Å². The SMILES string of the molecule is CC(=O)c1ccc2c(c1)N(C(=O)OC(C)(C)C)CCC2. The third-order valence-corrected chi connectivity index (χ3v) is 3.22. The van der Waals surface area contributed by atoms with Crippen LogP contribution in [0, 0.1) is 0 Å². The summed E-state index contributed by atoms with van der Waals surface area (Å²) >= 11 is 0. The topological polar surface area (TPSA) is 46.6 Å². The Bertz CT molecular complexity index is 543. The van der Waals surface area contributed by atoms with Gasteiger partial charge >= 0.3 is 6.09 Å². The third kappa shape index (κ3) is 3.18. The summed E-state index contributed by atoms with van der Waals surface area (Å²) in [5.74, 6) is 0.00233. The van der Waals surface area contributed by atoms with Gasteiger partial charge in [-0.25, -0.2) is 4.79 Å². The Morgan fingerprint density at radius 3 is 2.55 bits per heavy atom. The lowest BCUT2D eigenvalue weighted by molar-refractivity contribution is 0.0577. The average molecular weight is 275 g/mol. The highest BCUT2D eigenvalue weighted by Gasteiger charge is 2.27. The molecule has 4 nitrogen and oxygen atoms in total. The summed E-state index contributed by atoms with van der Waals surface area (Å²) in [6, 6.07) is 5.54. The maximum absolute atomic E-state index is 12.3. The molecule has 0 atom stereocenters. The van der Waals surface area contributed by atoms with E-state index in [0.29, 0.717) is 12.1 Å². The first-order valence-electron chi connectivity index (χ1n) is 6.92. The van der Waals surface area contributed by atoms with Crippen LogP contribution < -0.4 is 4.90 Å². The molecular formula is C16H21NO3. The number of amides is 1. The minimum absolute atomic E-state index is 0.00233. The van der Waals surface area contributed by atoms with Crippen LogP contribution >= 0.6 is 0 Å². The van der Waals surface area contributed by atoms with Gasteiger partial charge in [0.1, 0.15) is 5.60 Å². The van der Waals surface area contributed by atoms with Crippen molar-refractivity contribution < 1.29 is 14.3 Å². The molecule has 0 N–H and O–H groups in total. The van der Waals surface area contributed by atoms with Gasteiger partial charge in [0.2, 0.25) is 0 Å². The van der Waals surface area contributed by atoms with E-state index in [1.165, 1.54) is 6.92 Å². The summed E-state index contributed by atoms with van der Waals surface area (Å²) in [4.78, 5) is 25.4. The van der Waals surface area contributed by atoms with Crippen molar-refractivity contribution >= 4 is 17.6 Å². The standard InChI is InChI=1S/C16H21NO3/c1-11(18)13-8-7-12-6-5-9-17(14(12)10-13)15(19)20-16(2,3)4/h7-8,10H,5-6,9H2,1-4H3. The van der Waals surface area contributed by atoms with Crippen molar-refractivity contribution in [3.8, 4) is 0 Å². The van der Waals surface area contributed by atoms with Crippen LogP contribution in [0.1, 0.15) is 50.0 Å². The van der Waals surface area contributed by atoms with Crippen LogP contribution in [0.2, 0.25) is 0 Å². The van der Waals surface area contributed by atoms with Gasteiger partial charge in [-0.2, -0.15) is 0 Å². The first-order valence-corrected chi connectivity index (χ1v) is 6.92. The highest BCUT2D eigenvalue weighted by Crippen LogP contribution is 2.29. The van der Waals surface area contributed by atoms with E-state index in [-0.39, 0.29) is 11.9 Å². The molecule has 1 heterocycles. The molecule has 0 aromatic heterocycles. The second-order valence-electron chi connectivity index (χ2n) is 6.14. The number of rotatable bonds is 1. The Hall–Kier alpha value is -1.84. The van der Waals surface area contributed by atoms with E-state index in [1.54, 1.807) is 11.0 Å². The van der Waals surface area contributed by atoms with E-state index >= 15 is 0 Å². The lowest BCUT2D eigenvalue weighted by atomic mass is 9.99. The molecule has 0 bridgehead atoms. The van der Waals surface area contributed by atoms with Crippen LogP contribution in [0.25, 0.3) is 0 Å². The van der Waals surface area contributed by atoms with Crippen molar-refractivity contribution in [2.75, 3.05) is 11.4 Å². The van der Waals surface area contributed by atoms with Crippen LogP contribution in [0.15, 0.2) is 18.2 Å². The molecule has 0 unspecified atom stereocenters. The number of anilines is 1. The van der Waals surface area contributed by atoms with Gasteiger partial charge < -0.3 is 4.74 Å². The van der Waals surface area contributed by atoms with Crippen molar-refractivity contribution in [1.82, 2.24) is 0 Å². The number of ether oxygens (including phenoxy) is 1. The molecule has 0 aliphatic carbocycles. The van der Waals surface area contributed by atoms with Gasteiger partial charge in [0.05, 0.1) is 5.69 Å². The average Bonchev–Trinajstić information content (AvgIpc) is 2.35. The lowest BCUT2D eigenvalue weighted by Crippen LogP contribution is -2.39. The van der Waals surface area contributed by atoms with Crippen LogP contribution in [-0.2, 0) is 11.2 Å². The Balaban J connectivity index is 2.33. The van der Waals surface area contributed by atoms with Gasteiger partial charge in [0, 0.05) is 12.1 Å². The van der Waals surface area contributed by atoms with Gasteiger partial charge in [-0.05, 0) is 52.2 Å². The van der Waals surface area contributed by atoms with Crippen molar-refractivity contribution in [3.05, 3.63) is 29.3 Å². The Morgan fingerprint density at radius 1 is 1.25 bits per heavy atom. The van der Waals surface area contributed by atoms with Crippen LogP contribution in [0.3, 0.4) is 0 Å². The third-order valence-electron chi connectivity index (χ3n) is 3.22. The molecule has 0 radical (unpaired) electrons. The maximum atomic E-state index is 12.3. The van der Waals surface area contributed by atoms with E-state index in [4.69, 9.17) is 4.74 Å². The molecule has 1 aliphatic heterocycles. The van der Waals surface area contributed by atoms with Crippen molar-refractivity contribution in [2.24, 2.45) is 0 Å². The predicted octanol–water partition coefficient (Wildman–Crippen LogP) is 3.58. The number of nitrogens with zero attached hydrogens (tertiary/aromatic N) is 1. The smallest absolute Gasteiger partial charge is 0.414 e. The van der Waals surface area contributed by atoms with Gasteiger partial charge in [-0.1, -0.05) is 12.1 Å². The van der Waals surface area contributed by atoms with Crippen LogP contribution in [0.4, 0.5) is 10.5 Å². The highest BCUT2D eigenvalue weighted by atomic mass is 16.6. The second-order valence-corrected chi connectivity index (χ2v) is 6.14. The summed E-state index contributed by atoms with van der Waals surface area (Å²) < 4.78 is 5.44. The fraction of sp³-hybridized carbons (Fsp3) is 0.500. The second kappa shape index (κ2) is 5.27. The molecule has 0 saturated carbocycles. The van der Waals surface area contributed by atoms with E-state index < -0.39 is 5.60 Å². The van der Waals surface area contributed by atoms with Crippen molar-refractivity contribution in [2.45, 2.75) is 46.1 Å². The molecule has 0 saturated heterocycles. The Labute approximate surface area is 119 Å². The molecule has 1 aromatic carbocycles. The Morgan fingerprint density at radius 2 is 1.95 bits per heavy atom. The molecule has 1 aliphatic rings. The molecule has 108 valence electrons. The molecule has 0 fully saturated rings. The van der Waals surface area contributed by atoms with Gasteiger partial charge in [-0.15, -0.1) is 0 Å². The molecule has 2 rings (SSSR count). The summed E-state index contributed by atoms with van der Waals surface area (Å²) in [5, 5.41) is 0. The van der Waals surface area contributed by atoms with E-state index in [2.05, 4.69) is 0 Å². The van der Waals surface area contributed by atoms with Crippen LogP contribution in [-0.4, -0.2) is 24.0 Å². The quantitative estimate of drug-likeness (QED) is 0.736. The Kier molecular flexibility index (Phi) is 3.84. The van der Waals surface area contributed by atoms with E-state index in [1.807, 2.05) is 32.9 Å². The zero-order valence-corrected chi connectivity index (χ0v) is 12.5. The van der Waals surface area contributed by atoms with Crippen molar-refractivity contribution in [1.29, 1.82) is 0 Å². The highest BCUT2D eigenvalue weighted by molar-refractivity contribution is 5.97. The number of hydrogen-bond donors (Lipinski definition) is 0. The molecular weight excluding hydrogens is 254 g/mol. The monoisotopic (exact) mass is 275 g/mol. The molecule has 1 amide bonds. The van der Waals surface area contributed by atoms with Crippen LogP contribution in [0.5, 0.6) is 0 Å². The lowest BCUT2D eigenvalue weighted by Gasteiger charge is -2.31. The number of aryl methyl sites for hydroxylation is 1. The fourth-order valence-corrected chi connectivity index (χ4v) is 2.30. The fourth-order valence-electron chi connectivity index (χ4n) is 2.30. The number of Topliss-reactive ketones (excluding diaryl/α,β-unsaturated/α-hetero) is 1. The van der Waals surface area contributed by atoms with Crippen molar-refractivity contribution in [3.63, 3.8) is 0 Å². The summed E-state index contributed by atoms with van der Waals surface area (Å²) in [6.07, 6.45) is 1.48. The van der Waals surface area contributed by atoms with E-state index in [0.717, 1.165) is 24.1 Å². The zero-order chi connectivity index (χ0) is 14.9. The predicted molar refractivity (Wildman–Crippen MR) is 78.3 cm³/mol. The molecule has 20 heavy (non-hydrogen) atoms. The summed E-state index contributed by atoms with van der Waals surface area (Å²) in [7, 11) is 0. The van der Waals surface area contributed by atoms with Gasteiger partial charge in [0.15, 0.2) is 5.78 Å². The largest absolute Gasteiger partial charge is 0.443 e. The molecule has 0 spiro atoms. The minimum Gasteiger partial charge on any atom is -0.443 e. The number of benzene rings is 1. The number of hydrogen-bond acceptors (Lipinski definition) is 3. The molecule has 1 aromatic rings. The first kappa shape index (κ1) is 14.6. The number of carbonyl (C=O) groups is 2. The number of fused-ring (bicyclic) bond motifs is 1. The minimum atomic E-state index is -0.521. The normalized spacial score (nSPS) is 14.7. The number of ketones is 1. The summed E-state index contributed by atoms with van der Waals surface area (Å²) in [6.45, 7) is 7.71. The maximum Gasteiger partial charge on any atom is 0.414 e. The zero-order valence-electron chi connectivity index (χ0n) is 12.5.